The van der Waals surface area contributed by atoms with Crippen molar-refractivity contribution in [2.45, 2.75) is 6.54 Å². The van der Waals surface area contributed by atoms with E-state index in [0.29, 0.717) is 5.56 Å². The lowest BCUT2D eigenvalue weighted by Gasteiger charge is -2.01. The van der Waals surface area contributed by atoms with Crippen LogP contribution < -0.4 is 21.5 Å². The van der Waals surface area contributed by atoms with Crippen molar-refractivity contribution in [3.8, 4) is 11.3 Å². The Morgan fingerprint density at radius 3 is 2.29 bits per heavy atom. The summed E-state index contributed by atoms with van der Waals surface area (Å²) in [6.07, 6.45) is 3.44. The lowest BCUT2D eigenvalue weighted by atomic mass is 10.1. The van der Waals surface area contributed by atoms with Gasteiger partial charge in [0.25, 0.3) is 6.33 Å². The summed E-state index contributed by atoms with van der Waals surface area (Å²) < 4.78 is 15.6. The maximum absolute atomic E-state index is 12.9. The van der Waals surface area contributed by atoms with Gasteiger partial charge in [0.1, 0.15) is 5.82 Å². The summed E-state index contributed by atoms with van der Waals surface area (Å²) in [5.41, 5.74) is 2.32. The molecule has 0 spiro atoms. The third kappa shape index (κ3) is 4.55. The Morgan fingerprint density at radius 2 is 1.71 bits per heavy atom. The van der Waals surface area contributed by atoms with Crippen molar-refractivity contribution in [1.82, 2.24) is 4.98 Å². The fourth-order valence-corrected chi connectivity index (χ4v) is 2.43. The van der Waals surface area contributed by atoms with Crippen LogP contribution >= 0.6 is 15.9 Å². The Kier molecular flexibility index (Phi) is 6.34. The molecule has 1 aromatic heterocycles. The molecule has 3 rings (SSSR count). The SMILES string of the molecule is O=C(C[n+]1ccc(-c2ccc(Br)cc2)nc1)c1ccc(F)cc1.[Br-]. The first-order valence-electron chi connectivity index (χ1n) is 7.01. The highest BCUT2D eigenvalue weighted by molar-refractivity contribution is 9.10. The molecule has 0 bridgehead atoms. The molecule has 0 aliphatic rings. The molecule has 1 heterocycles. The van der Waals surface area contributed by atoms with E-state index in [0.717, 1.165) is 15.7 Å². The molecule has 6 heteroatoms. The summed E-state index contributed by atoms with van der Waals surface area (Å²) in [4.78, 5) is 16.5. The maximum Gasteiger partial charge on any atom is 0.287 e. The molecule has 24 heavy (non-hydrogen) atoms. The summed E-state index contributed by atoms with van der Waals surface area (Å²) in [7, 11) is 0. The first-order chi connectivity index (χ1) is 11.1. The van der Waals surface area contributed by atoms with Crippen molar-refractivity contribution < 1.29 is 30.7 Å². The third-order valence-corrected chi connectivity index (χ3v) is 3.93. The van der Waals surface area contributed by atoms with Gasteiger partial charge >= 0.3 is 0 Å². The number of nitrogens with zero attached hydrogens (tertiary/aromatic N) is 2. The van der Waals surface area contributed by atoms with Gasteiger partial charge in [-0.3, -0.25) is 4.79 Å². The minimum absolute atomic E-state index is 0. The minimum atomic E-state index is -0.352. The topological polar surface area (TPSA) is 33.8 Å². The van der Waals surface area contributed by atoms with Gasteiger partial charge in [-0.05, 0) is 53.5 Å². The molecule has 3 nitrogen and oxygen atoms in total. The van der Waals surface area contributed by atoms with Crippen LogP contribution in [0.2, 0.25) is 0 Å². The predicted octanol–water partition coefficient (Wildman–Crippen LogP) is 0.825. The van der Waals surface area contributed by atoms with E-state index in [1.807, 2.05) is 36.5 Å². The second-order valence-corrected chi connectivity index (χ2v) is 5.97. The Bertz CT molecular complexity index is 819. The van der Waals surface area contributed by atoms with Gasteiger partial charge in [-0.15, -0.1) is 0 Å². The van der Waals surface area contributed by atoms with Crippen molar-refractivity contribution in [1.29, 1.82) is 0 Å². The second kappa shape index (κ2) is 8.26. The third-order valence-electron chi connectivity index (χ3n) is 3.40. The fraction of sp³-hybridized carbons (Fsp3) is 0.0556. The molecule has 0 N–H and O–H groups in total. The molecule has 0 saturated carbocycles. The second-order valence-electron chi connectivity index (χ2n) is 5.05. The van der Waals surface area contributed by atoms with Gasteiger partial charge in [0.2, 0.25) is 5.78 Å². The fourth-order valence-electron chi connectivity index (χ4n) is 2.16. The van der Waals surface area contributed by atoms with E-state index in [9.17, 15) is 9.18 Å². The van der Waals surface area contributed by atoms with Gasteiger partial charge in [-0.2, -0.15) is 0 Å². The molecule has 0 fully saturated rings. The van der Waals surface area contributed by atoms with Gasteiger partial charge in [0, 0.05) is 21.7 Å². The molecule has 0 amide bonds. The van der Waals surface area contributed by atoms with Gasteiger partial charge in [-0.25, -0.2) is 8.96 Å². The number of ketones is 1. The molecule has 0 aliphatic heterocycles. The molecule has 0 aliphatic carbocycles. The zero-order valence-corrected chi connectivity index (χ0v) is 15.7. The van der Waals surface area contributed by atoms with E-state index < -0.39 is 0 Å². The Hall–Kier alpha value is -1.92. The van der Waals surface area contributed by atoms with E-state index in [-0.39, 0.29) is 35.1 Å². The summed E-state index contributed by atoms with van der Waals surface area (Å²) in [5, 5.41) is 0. The molecule has 122 valence electrons. The first kappa shape index (κ1) is 18.4. The van der Waals surface area contributed by atoms with Crippen LogP contribution in [0.4, 0.5) is 4.39 Å². The van der Waals surface area contributed by atoms with Crippen LogP contribution in [0.1, 0.15) is 10.4 Å². The Morgan fingerprint density at radius 1 is 1.04 bits per heavy atom. The molecule has 0 radical (unpaired) electrons. The highest BCUT2D eigenvalue weighted by Gasteiger charge is 2.12. The number of aromatic nitrogens is 2. The average Bonchev–Trinajstić information content (AvgIpc) is 2.57. The quantitative estimate of drug-likeness (QED) is 0.435. The first-order valence-corrected chi connectivity index (χ1v) is 7.81. The highest BCUT2D eigenvalue weighted by Crippen LogP contribution is 2.18. The Labute approximate surface area is 158 Å². The molecule has 0 saturated heterocycles. The zero-order chi connectivity index (χ0) is 16.2. The molecular formula is C18H13Br2FN2O. The minimum Gasteiger partial charge on any atom is -1.00 e. The van der Waals surface area contributed by atoms with Crippen molar-refractivity contribution in [3.05, 3.63) is 83.0 Å². The van der Waals surface area contributed by atoms with Crippen LogP contribution in [0.3, 0.4) is 0 Å². The van der Waals surface area contributed by atoms with Crippen molar-refractivity contribution in [2.24, 2.45) is 0 Å². The van der Waals surface area contributed by atoms with Crippen LogP contribution in [0, 0.1) is 5.82 Å². The zero-order valence-electron chi connectivity index (χ0n) is 12.5. The number of Topliss-reactive ketones (excluding diaryl/α,β-unsaturated/α-hetero) is 1. The van der Waals surface area contributed by atoms with Crippen LogP contribution in [-0.4, -0.2) is 10.8 Å². The predicted molar refractivity (Wildman–Crippen MR) is 88.3 cm³/mol. The van der Waals surface area contributed by atoms with Crippen molar-refractivity contribution in [2.75, 3.05) is 0 Å². The lowest BCUT2D eigenvalue weighted by Crippen LogP contribution is -3.00. The van der Waals surface area contributed by atoms with Crippen molar-refractivity contribution in [3.63, 3.8) is 0 Å². The number of hydrogen-bond donors (Lipinski definition) is 0. The van der Waals surface area contributed by atoms with Crippen LogP contribution in [0.25, 0.3) is 11.3 Å². The van der Waals surface area contributed by atoms with Gasteiger partial charge in [-0.1, -0.05) is 15.9 Å². The van der Waals surface area contributed by atoms with E-state index in [1.165, 1.54) is 24.3 Å². The largest absolute Gasteiger partial charge is 1.00 e. The summed E-state index contributed by atoms with van der Waals surface area (Å²) in [5.74, 6) is -0.442. The lowest BCUT2D eigenvalue weighted by molar-refractivity contribution is -0.686. The van der Waals surface area contributed by atoms with E-state index in [1.54, 1.807) is 10.9 Å². The van der Waals surface area contributed by atoms with E-state index >= 15 is 0 Å². The van der Waals surface area contributed by atoms with E-state index in [4.69, 9.17) is 0 Å². The van der Waals surface area contributed by atoms with Crippen LogP contribution in [0.15, 0.2) is 71.6 Å². The van der Waals surface area contributed by atoms with Crippen LogP contribution in [-0.2, 0) is 6.54 Å². The highest BCUT2D eigenvalue weighted by atomic mass is 79.9. The molecular weight excluding hydrogens is 439 g/mol. The number of benzene rings is 2. The standard InChI is InChI=1S/C18H13BrFN2O.BrH/c19-15-5-1-13(2-6-15)17-9-10-22(12-21-17)11-18(23)14-3-7-16(20)8-4-14;/h1-10,12H,11H2;1H/q+1;/p-1. The van der Waals surface area contributed by atoms with E-state index in [2.05, 4.69) is 20.9 Å². The number of carbonyl (C=O) groups excluding carboxylic acids is 1. The summed E-state index contributed by atoms with van der Waals surface area (Å²) in [6.45, 7) is 0.166. The molecule has 3 aromatic rings. The summed E-state index contributed by atoms with van der Waals surface area (Å²) >= 11 is 3.40. The maximum atomic E-state index is 12.9. The smallest absolute Gasteiger partial charge is 0.287 e. The molecule has 0 unspecified atom stereocenters. The summed E-state index contributed by atoms with van der Waals surface area (Å²) in [6, 6.07) is 15.3. The molecule has 2 aromatic carbocycles. The normalized spacial score (nSPS) is 10.1. The molecule has 0 atom stereocenters. The van der Waals surface area contributed by atoms with Gasteiger partial charge in [0.05, 0.1) is 6.20 Å². The average molecular weight is 452 g/mol. The monoisotopic (exact) mass is 450 g/mol. The number of rotatable bonds is 4. The van der Waals surface area contributed by atoms with Crippen LogP contribution in [0.5, 0.6) is 0 Å². The van der Waals surface area contributed by atoms with Gasteiger partial charge in [0.15, 0.2) is 12.2 Å². The number of carbonyl (C=O) groups is 1. The Balaban J connectivity index is 0.00000208. The number of halogens is 3. The van der Waals surface area contributed by atoms with Gasteiger partial charge < -0.3 is 17.0 Å². The number of hydrogen-bond acceptors (Lipinski definition) is 2. The van der Waals surface area contributed by atoms with Crippen molar-refractivity contribution >= 4 is 21.7 Å².